The molecule has 7 rings (SSSR count). The van der Waals surface area contributed by atoms with E-state index in [1.807, 2.05) is 0 Å². The van der Waals surface area contributed by atoms with Crippen molar-refractivity contribution in [1.29, 1.82) is 0 Å². The van der Waals surface area contributed by atoms with Gasteiger partial charge >= 0.3 is 5.97 Å². The normalized spacial score (nSPS) is 19.8. The Hall–Kier alpha value is -9.47. The zero-order chi connectivity index (χ0) is 67.5. The molecular formula is C60H85N19O13S. The first-order valence-corrected chi connectivity index (χ1v) is 31.6. The van der Waals surface area contributed by atoms with E-state index in [4.69, 9.17) is 40.1 Å². The minimum absolute atomic E-state index is 0.00575. The minimum atomic E-state index is -1.70. The number of benzene rings is 2. The lowest BCUT2D eigenvalue weighted by molar-refractivity contribution is -0.154. The van der Waals surface area contributed by atoms with Gasteiger partial charge in [0.2, 0.25) is 53.2 Å². The maximum absolute atomic E-state index is 15.3. The first-order valence-electron chi connectivity index (χ1n) is 30.7. The van der Waals surface area contributed by atoms with E-state index in [-0.39, 0.29) is 128 Å². The van der Waals surface area contributed by atoms with E-state index >= 15 is 4.79 Å². The lowest BCUT2D eigenvalue weighted by Crippen LogP contribution is -2.63. The fourth-order valence-electron chi connectivity index (χ4n) is 11.9. The molecule has 32 nitrogen and oxygen atoms in total. The number of thiophene rings is 1. The van der Waals surface area contributed by atoms with Gasteiger partial charge in [-0.05, 0) is 85.1 Å². The summed E-state index contributed by atoms with van der Waals surface area (Å²) in [5.41, 5.74) is 41.7. The molecule has 1 aromatic heterocycles. The number of carboxylic acid groups (broad SMARTS) is 1. The number of hydrogen-bond donors (Lipinski definition) is 15. The van der Waals surface area contributed by atoms with Gasteiger partial charge in [-0.3, -0.25) is 58.1 Å². The summed E-state index contributed by atoms with van der Waals surface area (Å²) < 4.78 is 0. The molecule has 2 aromatic carbocycles. The van der Waals surface area contributed by atoms with Gasteiger partial charge in [0.1, 0.15) is 48.3 Å². The van der Waals surface area contributed by atoms with Gasteiger partial charge in [0, 0.05) is 76.4 Å². The number of aliphatic hydroxyl groups excluding tert-OH is 2. The van der Waals surface area contributed by atoms with Gasteiger partial charge in [0.05, 0.1) is 25.3 Å². The summed E-state index contributed by atoms with van der Waals surface area (Å²) in [6.45, 7) is -1.66. The quantitative estimate of drug-likeness (QED) is 0.0168. The molecule has 4 aliphatic heterocycles. The van der Waals surface area contributed by atoms with Crippen molar-refractivity contribution >= 4 is 88.3 Å². The molecule has 22 N–H and O–H groups in total. The first-order chi connectivity index (χ1) is 44.4. The summed E-state index contributed by atoms with van der Waals surface area (Å²) >= 11 is 1.26. The van der Waals surface area contributed by atoms with Gasteiger partial charge < -0.3 is 102 Å². The van der Waals surface area contributed by atoms with Crippen molar-refractivity contribution in [3.63, 3.8) is 0 Å². The first kappa shape index (κ1) is 71.0. The summed E-state index contributed by atoms with van der Waals surface area (Å²) in [4.78, 5) is 159. The van der Waals surface area contributed by atoms with Crippen molar-refractivity contribution in [2.24, 2.45) is 55.1 Å². The van der Waals surface area contributed by atoms with E-state index in [1.54, 1.807) is 66.0 Å². The molecule has 0 bridgehead atoms. The summed E-state index contributed by atoms with van der Waals surface area (Å²) in [6, 6.07) is 6.01. The highest BCUT2D eigenvalue weighted by atomic mass is 32.1. The number of nitrogens with one attached hydrogen (secondary N) is 5. The Balaban J connectivity index is 1.03. The number of carboxylic acids is 1. The third kappa shape index (κ3) is 19.5. The van der Waals surface area contributed by atoms with Crippen LogP contribution in [0.5, 0.6) is 0 Å². The number of nitrogens with two attached hydrogens (primary N) is 7. The Labute approximate surface area is 540 Å². The Morgan fingerprint density at radius 1 is 0.581 bits per heavy atom. The maximum Gasteiger partial charge on any atom is 0.326 e. The molecule has 0 saturated carbocycles. The standard InChI is InChI=1S/C60H85N19O13S/c61-39(15-5-19-68-58(62)63)49(83)73-40(16-6-20-69-59(64)65)53(87)76-22-8-18-44(76)55(89)79-31-37(81)26-46(79)51(85)71-28-48(82)72-42(27-38-14-9-23-93-38)50(84)75-43(32-80)54(88)78-30-36-13-4-2-11-34(36)25-47(78)56(90)77-29-35-12-3-1-10-33(35)24-45(77)52(86)74-41(57(91)92)17-7-21-70-60(66)67/h1-4,9-14,23,37,39-47,80-81H,5-8,15-22,24-32,61H2,(H,71,85)(H,72,82)(H,73,83)(H,74,86)(H,75,84)(H,91,92)(H4,62,63,68)(H4,64,65,69)(H4,66,67,70)/t37-,39+,40-,41-,42-,43-,44-,45+,46-,47+/m0/s1. The number of aliphatic imine (C=N–C) groups is 3. The molecule has 9 amide bonds. The molecule has 504 valence electrons. The molecule has 2 saturated heterocycles. The molecule has 0 spiro atoms. The van der Waals surface area contributed by atoms with Crippen LogP contribution in [0.1, 0.15) is 84.9 Å². The van der Waals surface area contributed by atoms with Crippen LogP contribution in [0.15, 0.2) is 81.0 Å². The van der Waals surface area contributed by atoms with Crippen LogP contribution in [-0.4, -0.2) is 218 Å². The Morgan fingerprint density at radius 2 is 1.13 bits per heavy atom. The largest absolute Gasteiger partial charge is 0.480 e. The van der Waals surface area contributed by atoms with Gasteiger partial charge in [0.15, 0.2) is 17.9 Å². The lowest BCUT2D eigenvalue weighted by Gasteiger charge is -2.43. The fourth-order valence-corrected chi connectivity index (χ4v) is 12.6. The minimum Gasteiger partial charge on any atom is -0.480 e. The van der Waals surface area contributed by atoms with Crippen molar-refractivity contribution in [2.75, 3.05) is 45.9 Å². The number of carbonyl (C=O) groups is 10. The number of nitrogens with zero attached hydrogens (tertiary/aromatic N) is 7. The van der Waals surface area contributed by atoms with Crippen LogP contribution in [0.2, 0.25) is 0 Å². The van der Waals surface area contributed by atoms with Crippen LogP contribution in [0.4, 0.5) is 0 Å². The predicted molar refractivity (Wildman–Crippen MR) is 341 cm³/mol. The number of likely N-dealkylation sites (tertiary alicyclic amines) is 2. The van der Waals surface area contributed by atoms with E-state index < -0.39 is 133 Å². The smallest absolute Gasteiger partial charge is 0.326 e. The highest BCUT2D eigenvalue weighted by Gasteiger charge is 2.47. The number of β-amino-alcohol motifs (C(OH)–C–C–N with tert-alkyl or cyclic N) is 1. The van der Waals surface area contributed by atoms with Crippen molar-refractivity contribution < 1.29 is 63.3 Å². The monoisotopic (exact) mass is 1310 g/mol. The molecular weight excluding hydrogens is 1230 g/mol. The van der Waals surface area contributed by atoms with E-state index in [1.165, 1.54) is 26.0 Å². The molecule has 5 heterocycles. The lowest BCUT2D eigenvalue weighted by atomic mass is 9.89. The number of guanidine groups is 3. The number of rotatable bonds is 30. The van der Waals surface area contributed by atoms with Crippen LogP contribution in [0, 0.1) is 0 Å². The second-order valence-corrected chi connectivity index (χ2v) is 24.3. The third-order valence-corrected chi connectivity index (χ3v) is 17.5. The highest BCUT2D eigenvalue weighted by molar-refractivity contribution is 7.09. The van der Waals surface area contributed by atoms with E-state index in [2.05, 4.69) is 41.6 Å². The van der Waals surface area contributed by atoms with E-state index in [0.29, 0.717) is 34.4 Å². The molecule has 0 unspecified atom stereocenters. The average Bonchev–Trinajstić information content (AvgIpc) is 0.869. The fraction of sp³-hybridized carbons (Fsp3) is 0.517. The molecule has 10 atom stereocenters. The number of aliphatic hydroxyl groups is 2. The van der Waals surface area contributed by atoms with Crippen molar-refractivity contribution in [3.8, 4) is 0 Å². The molecule has 2 fully saturated rings. The second kappa shape index (κ2) is 33.7. The SMILES string of the molecule is NC(N)=NCCC[C@@H](N)C(=O)N[C@@H](CCCN=C(N)N)C(=O)N1CCC[C@H]1C(=O)N1C[C@@H](O)C[C@H]1C(=O)NCC(=O)N[C@@H](Cc1cccs1)C(=O)N[C@@H](CO)C(=O)N1Cc2ccccc2C[C@@H]1C(=O)N1Cc2ccccc2C[C@@H]1C(=O)N[C@@H](CCCN=C(N)N)C(=O)O. The molecule has 93 heavy (non-hydrogen) atoms. The Bertz CT molecular complexity index is 3270. The van der Waals surface area contributed by atoms with Crippen LogP contribution in [0.3, 0.4) is 0 Å². The maximum atomic E-state index is 15.3. The molecule has 3 aromatic rings. The Morgan fingerprint density at radius 3 is 1.71 bits per heavy atom. The van der Waals surface area contributed by atoms with Crippen LogP contribution in [0.25, 0.3) is 0 Å². The van der Waals surface area contributed by atoms with Gasteiger partial charge in [0.25, 0.3) is 0 Å². The van der Waals surface area contributed by atoms with Gasteiger partial charge in [-0.1, -0.05) is 54.6 Å². The van der Waals surface area contributed by atoms with E-state index in [0.717, 1.165) is 10.5 Å². The van der Waals surface area contributed by atoms with Gasteiger partial charge in [-0.2, -0.15) is 0 Å². The number of carbonyl (C=O) groups excluding carboxylic acids is 9. The summed E-state index contributed by atoms with van der Waals surface area (Å²) in [6.07, 6.45) is 0.0689. The summed E-state index contributed by atoms with van der Waals surface area (Å²) in [5, 5.41) is 46.6. The second-order valence-electron chi connectivity index (χ2n) is 23.3. The number of amides is 9. The molecule has 4 aliphatic rings. The molecule has 0 aliphatic carbocycles. The number of hydrogen-bond acceptors (Lipinski definition) is 17. The van der Waals surface area contributed by atoms with Crippen molar-refractivity contribution in [3.05, 3.63) is 93.2 Å². The summed E-state index contributed by atoms with van der Waals surface area (Å²) in [7, 11) is 0. The number of fused-ring (bicyclic) bond motifs is 2. The highest BCUT2D eigenvalue weighted by Crippen LogP contribution is 2.31. The van der Waals surface area contributed by atoms with Crippen molar-refractivity contribution in [2.45, 2.75) is 151 Å². The number of aliphatic carboxylic acids is 1. The van der Waals surface area contributed by atoms with E-state index in [9.17, 15) is 58.5 Å². The topological polar surface area (TPSA) is 524 Å². The van der Waals surface area contributed by atoms with Crippen LogP contribution < -0.4 is 66.7 Å². The molecule has 0 radical (unpaired) electrons. The zero-order valence-corrected chi connectivity index (χ0v) is 52.3. The third-order valence-electron chi connectivity index (χ3n) is 16.6. The van der Waals surface area contributed by atoms with Gasteiger partial charge in [-0.25, -0.2) is 4.79 Å². The zero-order valence-electron chi connectivity index (χ0n) is 51.5. The van der Waals surface area contributed by atoms with Crippen LogP contribution in [-0.2, 0) is 80.3 Å². The molecule has 33 heteroatoms. The van der Waals surface area contributed by atoms with Crippen molar-refractivity contribution in [1.82, 2.24) is 46.2 Å². The van der Waals surface area contributed by atoms with Crippen LogP contribution >= 0.6 is 11.3 Å². The average molecular weight is 1310 g/mol. The van der Waals surface area contributed by atoms with Gasteiger partial charge in [-0.15, -0.1) is 11.3 Å². The summed E-state index contributed by atoms with van der Waals surface area (Å²) in [5.74, 6) is -8.60. The Kier molecular flexibility index (Phi) is 25.7. The predicted octanol–water partition coefficient (Wildman–Crippen LogP) is -5.23.